The molecule has 0 bridgehead atoms. The summed E-state index contributed by atoms with van der Waals surface area (Å²) in [5.41, 5.74) is 12.9. The van der Waals surface area contributed by atoms with Gasteiger partial charge in [-0.3, -0.25) is 4.68 Å². The highest BCUT2D eigenvalue weighted by Crippen LogP contribution is 2.30. The predicted molar refractivity (Wildman–Crippen MR) is 129 cm³/mol. The normalized spacial score (nSPS) is 13.2. The van der Waals surface area contributed by atoms with Crippen molar-refractivity contribution in [1.82, 2.24) is 35.5 Å². The summed E-state index contributed by atoms with van der Waals surface area (Å²) in [5, 5.41) is 18.8. The van der Waals surface area contributed by atoms with E-state index >= 15 is 0 Å². The molecule has 1 aliphatic heterocycles. The SMILES string of the molecule is Nc1cc(Cc2cnn(Cc3cccc(Oc4cccc5c4CNCC5)c3)c2)c2n[nH]nc2n1. The average molecular weight is 453 g/mol. The molecule has 6 rings (SSSR count). The molecule has 0 atom stereocenters. The quantitative estimate of drug-likeness (QED) is 0.362. The Kier molecular flexibility index (Phi) is 5.15. The largest absolute Gasteiger partial charge is 0.457 e. The van der Waals surface area contributed by atoms with Crippen LogP contribution in [0.1, 0.15) is 27.8 Å². The van der Waals surface area contributed by atoms with Gasteiger partial charge in [-0.2, -0.15) is 15.4 Å². The maximum Gasteiger partial charge on any atom is 0.203 e. The minimum absolute atomic E-state index is 0.427. The molecule has 3 aromatic heterocycles. The zero-order valence-corrected chi connectivity index (χ0v) is 18.5. The molecule has 2 aromatic carbocycles. The Hall–Kier alpha value is -4.24. The second-order valence-electron chi connectivity index (χ2n) is 8.50. The van der Waals surface area contributed by atoms with Gasteiger partial charge in [0.1, 0.15) is 22.8 Å². The molecular weight excluding hydrogens is 428 g/mol. The van der Waals surface area contributed by atoms with Crippen LogP contribution >= 0.6 is 0 Å². The van der Waals surface area contributed by atoms with E-state index in [0.717, 1.165) is 53.2 Å². The summed E-state index contributed by atoms with van der Waals surface area (Å²) >= 11 is 0. The van der Waals surface area contributed by atoms with Gasteiger partial charge >= 0.3 is 0 Å². The molecule has 0 unspecified atom stereocenters. The zero-order valence-electron chi connectivity index (χ0n) is 18.5. The topological polar surface area (TPSA) is 120 Å². The fraction of sp³-hybridized carbons (Fsp3) is 0.200. The van der Waals surface area contributed by atoms with Crippen LogP contribution in [-0.2, 0) is 25.9 Å². The van der Waals surface area contributed by atoms with E-state index in [1.165, 1.54) is 11.1 Å². The molecule has 1 aliphatic rings. The molecule has 0 fully saturated rings. The van der Waals surface area contributed by atoms with Crippen molar-refractivity contribution in [2.45, 2.75) is 25.9 Å². The Morgan fingerprint density at radius 3 is 2.97 bits per heavy atom. The minimum atomic E-state index is 0.427. The van der Waals surface area contributed by atoms with Crippen LogP contribution in [0.25, 0.3) is 11.2 Å². The van der Waals surface area contributed by atoms with Crippen LogP contribution < -0.4 is 15.8 Å². The number of nitrogen functional groups attached to an aromatic ring is 1. The lowest BCUT2D eigenvalue weighted by molar-refractivity contribution is 0.466. The van der Waals surface area contributed by atoms with E-state index < -0.39 is 0 Å². The van der Waals surface area contributed by atoms with Crippen molar-refractivity contribution >= 4 is 17.0 Å². The molecule has 5 aromatic rings. The summed E-state index contributed by atoms with van der Waals surface area (Å²) in [5.74, 6) is 2.17. The summed E-state index contributed by atoms with van der Waals surface area (Å²) in [6, 6.07) is 16.3. The van der Waals surface area contributed by atoms with Crippen molar-refractivity contribution < 1.29 is 4.74 Å². The van der Waals surface area contributed by atoms with Gasteiger partial charge in [-0.05, 0) is 59.5 Å². The molecule has 4 heterocycles. The standard InChI is InChI=1S/C25H24N8O/c26-23-11-19(24-25(29-23)31-32-30-24)9-17-12-28-33(15-17)14-16-3-1-5-20(10-16)34-22-6-2-4-18-7-8-27-13-21(18)22/h1-6,10-12,15,27H,7-9,13-14H2,(H3,26,29,30,31,32). The first-order chi connectivity index (χ1) is 16.7. The number of aromatic nitrogens is 6. The van der Waals surface area contributed by atoms with E-state index in [0.29, 0.717) is 24.4 Å². The monoisotopic (exact) mass is 452 g/mol. The van der Waals surface area contributed by atoms with Gasteiger partial charge < -0.3 is 15.8 Å². The molecule has 0 saturated heterocycles. The summed E-state index contributed by atoms with van der Waals surface area (Å²) in [6.45, 7) is 2.49. The molecular formula is C25H24N8O. The van der Waals surface area contributed by atoms with E-state index in [-0.39, 0.29) is 0 Å². The molecule has 4 N–H and O–H groups in total. The van der Waals surface area contributed by atoms with E-state index in [2.05, 4.69) is 55.1 Å². The van der Waals surface area contributed by atoms with Gasteiger partial charge in [0.25, 0.3) is 0 Å². The molecule has 0 amide bonds. The van der Waals surface area contributed by atoms with Gasteiger partial charge in [-0.15, -0.1) is 5.10 Å². The first-order valence-electron chi connectivity index (χ1n) is 11.3. The van der Waals surface area contributed by atoms with Crippen LogP contribution in [0.15, 0.2) is 60.9 Å². The molecule has 34 heavy (non-hydrogen) atoms. The summed E-state index contributed by atoms with van der Waals surface area (Å²) < 4.78 is 8.20. The van der Waals surface area contributed by atoms with E-state index in [1.54, 1.807) is 0 Å². The third kappa shape index (κ3) is 4.08. The first kappa shape index (κ1) is 20.4. The molecule has 9 heteroatoms. The lowest BCUT2D eigenvalue weighted by Gasteiger charge is -2.20. The maximum absolute atomic E-state index is 6.28. The highest BCUT2D eigenvalue weighted by atomic mass is 16.5. The third-order valence-corrected chi connectivity index (χ3v) is 6.05. The minimum Gasteiger partial charge on any atom is -0.457 e. The van der Waals surface area contributed by atoms with Crippen LogP contribution in [0, 0.1) is 0 Å². The summed E-state index contributed by atoms with van der Waals surface area (Å²) in [6.07, 6.45) is 5.58. The van der Waals surface area contributed by atoms with E-state index in [4.69, 9.17) is 10.5 Å². The number of hydrogen-bond donors (Lipinski definition) is 3. The molecule has 170 valence electrons. The van der Waals surface area contributed by atoms with Crippen LogP contribution in [0.4, 0.5) is 5.82 Å². The number of nitrogens with zero attached hydrogens (tertiary/aromatic N) is 5. The number of anilines is 1. The van der Waals surface area contributed by atoms with Crippen LogP contribution in [-0.4, -0.2) is 36.7 Å². The van der Waals surface area contributed by atoms with Crippen molar-refractivity contribution in [2.75, 3.05) is 12.3 Å². The number of pyridine rings is 1. The number of nitrogens with two attached hydrogens (primary N) is 1. The van der Waals surface area contributed by atoms with Crippen LogP contribution in [0.5, 0.6) is 11.5 Å². The molecule has 0 saturated carbocycles. The van der Waals surface area contributed by atoms with Gasteiger partial charge in [0.15, 0.2) is 0 Å². The lowest BCUT2D eigenvalue weighted by atomic mass is 10.0. The van der Waals surface area contributed by atoms with Gasteiger partial charge in [-0.1, -0.05) is 24.3 Å². The number of hydrogen-bond acceptors (Lipinski definition) is 7. The molecule has 0 spiro atoms. The van der Waals surface area contributed by atoms with E-state index in [1.807, 2.05) is 41.3 Å². The molecule has 0 radical (unpaired) electrons. The number of rotatable bonds is 6. The maximum atomic E-state index is 6.28. The van der Waals surface area contributed by atoms with Gasteiger partial charge in [-0.25, -0.2) is 4.98 Å². The molecule has 9 nitrogen and oxygen atoms in total. The summed E-state index contributed by atoms with van der Waals surface area (Å²) in [7, 11) is 0. The average Bonchev–Trinajstić information content (AvgIpc) is 3.49. The van der Waals surface area contributed by atoms with Crippen molar-refractivity contribution in [1.29, 1.82) is 0 Å². The van der Waals surface area contributed by atoms with Gasteiger partial charge in [0.2, 0.25) is 5.65 Å². The fourth-order valence-corrected chi connectivity index (χ4v) is 4.46. The lowest BCUT2D eigenvalue weighted by Crippen LogP contribution is -2.23. The molecule has 0 aliphatic carbocycles. The number of fused-ring (bicyclic) bond motifs is 2. The van der Waals surface area contributed by atoms with Gasteiger partial charge in [0, 0.05) is 24.7 Å². The Morgan fingerprint density at radius 2 is 2.00 bits per heavy atom. The van der Waals surface area contributed by atoms with Crippen molar-refractivity contribution in [2.24, 2.45) is 0 Å². The Balaban J connectivity index is 1.18. The number of nitrogens with one attached hydrogen (secondary N) is 2. The Morgan fingerprint density at radius 1 is 1.06 bits per heavy atom. The van der Waals surface area contributed by atoms with Crippen LogP contribution in [0.2, 0.25) is 0 Å². The smallest absolute Gasteiger partial charge is 0.203 e. The first-order valence-corrected chi connectivity index (χ1v) is 11.3. The van der Waals surface area contributed by atoms with Crippen molar-refractivity contribution in [3.8, 4) is 11.5 Å². The summed E-state index contributed by atoms with van der Waals surface area (Å²) in [4.78, 5) is 4.20. The van der Waals surface area contributed by atoms with Gasteiger partial charge in [0.05, 0.1) is 12.7 Å². The zero-order chi connectivity index (χ0) is 22.9. The van der Waals surface area contributed by atoms with E-state index in [9.17, 15) is 0 Å². The second-order valence-corrected chi connectivity index (χ2v) is 8.50. The number of H-pyrrole nitrogens is 1. The second kappa shape index (κ2) is 8.60. The fourth-order valence-electron chi connectivity index (χ4n) is 4.46. The van der Waals surface area contributed by atoms with Crippen molar-refractivity contribution in [3.05, 3.63) is 88.7 Å². The number of aromatic amines is 1. The Labute approximate surface area is 196 Å². The Bertz CT molecular complexity index is 1470. The highest BCUT2D eigenvalue weighted by molar-refractivity contribution is 5.76. The number of ether oxygens (including phenoxy) is 1. The third-order valence-electron chi connectivity index (χ3n) is 6.05. The highest BCUT2D eigenvalue weighted by Gasteiger charge is 2.14. The van der Waals surface area contributed by atoms with Crippen LogP contribution in [0.3, 0.4) is 0 Å². The predicted octanol–water partition coefficient (Wildman–Crippen LogP) is 3.21. The number of benzene rings is 2. The van der Waals surface area contributed by atoms with Crippen molar-refractivity contribution in [3.63, 3.8) is 0 Å².